The Morgan fingerprint density at radius 1 is 1.42 bits per heavy atom. The van der Waals surface area contributed by atoms with E-state index in [4.69, 9.17) is 5.73 Å². The number of aromatic nitrogens is 1. The van der Waals surface area contributed by atoms with Gasteiger partial charge in [-0.05, 0) is 38.4 Å². The molecule has 2 N–H and O–H groups in total. The molecule has 3 nitrogen and oxygen atoms in total. The maximum Gasteiger partial charge on any atom is 0.0941 e. The van der Waals surface area contributed by atoms with Gasteiger partial charge in [0.1, 0.15) is 0 Å². The van der Waals surface area contributed by atoms with Gasteiger partial charge in [0.2, 0.25) is 0 Å². The van der Waals surface area contributed by atoms with E-state index in [1.54, 1.807) is 11.3 Å². The molecule has 0 spiro atoms. The van der Waals surface area contributed by atoms with Gasteiger partial charge in [0.05, 0.1) is 10.7 Å². The van der Waals surface area contributed by atoms with Crippen LogP contribution in [0.4, 0.5) is 0 Å². The van der Waals surface area contributed by atoms with Crippen LogP contribution in [0.1, 0.15) is 22.5 Å². The van der Waals surface area contributed by atoms with Crippen molar-refractivity contribution in [1.82, 2.24) is 9.88 Å². The van der Waals surface area contributed by atoms with Gasteiger partial charge in [0.15, 0.2) is 0 Å². The third kappa shape index (κ3) is 4.38. The summed E-state index contributed by atoms with van der Waals surface area (Å²) in [5.41, 5.74) is 6.71. The largest absolute Gasteiger partial charge is 0.330 e. The highest BCUT2D eigenvalue weighted by Crippen LogP contribution is 2.16. The summed E-state index contributed by atoms with van der Waals surface area (Å²) in [5.74, 6) is 0. The van der Waals surface area contributed by atoms with E-state index in [1.165, 1.54) is 4.88 Å². The van der Waals surface area contributed by atoms with Gasteiger partial charge in [-0.3, -0.25) is 4.90 Å². The lowest BCUT2D eigenvalue weighted by molar-refractivity contribution is 0.246. The van der Waals surface area contributed by atoms with Crippen molar-refractivity contribution in [3.8, 4) is 0 Å². The first-order chi connectivity index (χ1) is 9.19. The van der Waals surface area contributed by atoms with Gasteiger partial charge in [-0.15, -0.1) is 22.7 Å². The normalized spacial score (nSPS) is 13.1. The summed E-state index contributed by atoms with van der Waals surface area (Å²) in [6.45, 7) is 3.86. The number of thiophene rings is 1. The van der Waals surface area contributed by atoms with Crippen LogP contribution in [0.3, 0.4) is 0 Å². The summed E-state index contributed by atoms with van der Waals surface area (Å²) in [7, 11) is 2.17. The second-order valence-corrected chi connectivity index (χ2v) is 6.79. The molecule has 0 aromatic carbocycles. The van der Waals surface area contributed by atoms with Gasteiger partial charge < -0.3 is 5.73 Å². The van der Waals surface area contributed by atoms with E-state index in [0.29, 0.717) is 12.6 Å². The third-order valence-electron chi connectivity index (χ3n) is 3.20. The molecular weight excluding hydrogens is 274 g/mol. The number of hydrogen-bond acceptors (Lipinski definition) is 5. The van der Waals surface area contributed by atoms with Gasteiger partial charge >= 0.3 is 0 Å². The Labute approximate surface area is 123 Å². The number of likely N-dealkylation sites (N-methyl/N-ethyl adjacent to an activating group) is 1. The van der Waals surface area contributed by atoms with Crippen molar-refractivity contribution < 1.29 is 0 Å². The molecule has 2 aromatic heterocycles. The fourth-order valence-electron chi connectivity index (χ4n) is 1.95. The first kappa shape index (κ1) is 14.7. The molecule has 0 saturated carbocycles. The fraction of sp³-hybridized carbons (Fsp3) is 0.500. The summed E-state index contributed by atoms with van der Waals surface area (Å²) >= 11 is 3.55. The van der Waals surface area contributed by atoms with Gasteiger partial charge in [-0.25, -0.2) is 4.98 Å². The monoisotopic (exact) mass is 295 g/mol. The molecule has 0 amide bonds. The lowest BCUT2D eigenvalue weighted by atomic mass is 10.2. The Balaban J connectivity index is 1.86. The Morgan fingerprint density at radius 3 is 2.95 bits per heavy atom. The molecule has 5 heteroatoms. The van der Waals surface area contributed by atoms with Crippen molar-refractivity contribution in [1.29, 1.82) is 0 Å². The van der Waals surface area contributed by atoms with Gasteiger partial charge in [0.25, 0.3) is 0 Å². The van der Waals surface area contributed by atoms with Crippen LogP contribution in [0.25, 0.3) is 0 Å². The molecule has 1 atom stereocenters. The Hall–Kier alpha value is -0.750. The molecule has 0 aliphatic rings. The molecule has 0 saturated heterocycles. The van der Waals surface area contributed by atoms with Crippen molar-refractivity contribution in [3.05, 3.63) is 38.5 Å². The highest BCUT2D eigenvalue weighted by molar-refractivity contribution is 7.10. The first-order valence-corrected chi connectivity index (χ1v) is 8.31. The summed E-state index contributed by atoms with van der Waals surface area (Å²) in [4.78, 5) is 8.43. The third-order valence-corrected chi connectivity index (χ3v) is 5.05. The van der Waals surface area contributed by atoms with E-state index in [1.807, 2.05) is 11.3 Å². The van der Waals surface area contributed by atoms with E-state index in [0.717, 1.165) is 30.1 Å². The van der Waals surface area contributed by atoms with Crippen molar-refractivity contribution in [2.24, 2.45) is 5.73 Å². The average Bonchev–Trinajstić information content (AvgIpc) is 3.02. The zero-order chi connectivity index (χ0) is 13.7. The SMILES string of the molecule is CC(Cc1cccs1)N(C)Cc1csc(CCN)n1. The number of rotatable bonds is 7. The van der Waals surface area contributed by atoms with Crippen molar-refractivity contribution in [3.63, 3.8) is 0 Å². The van der Waals surface area contributed by atoms with E-state index in [9.17, 15) is 0 Å². The Morgan fingerprint density at radius 2 is 2.26 bits per heavy atom. The van der Waals surface area contributed by atoms with Crippen molar-refractivity contribution >= 4 is 22.7 Å². The number of thiazole rings is 1. The molecule has 0 radical (unpaired) electrons. The van der Waals surface area contributed by atoms with Crippen LogP contribution in [-0.4, -0.2) is 29.5 Å². The molecule has 0 aliphatic carbocycles. The molecule has 2 heterocycles. The highest BCUT2D eigenvalue weighted by atomic mass is 32.1. The average molecular weight is 295 g/mol. The standard InChI is InChI=1S/C14H21N3S2/c1-11(8-13-4-3-7-18-13)17(2)9-12-10-19-14(16-12)5-6-15/h3-4,7,10-11H,5-6,8-9,15H2,1-2H3. The smallest absolute Gasteiger partial charge is 0.0941 e. The fourth-order valence-corrected chi connectivity index (χ4v) is 3.58. The van der Waals surface area contributed by atoms with Crippen LogP contribution in [0, 0.1) is 0 Å². The molecule has 0 bridgehead atoms. The minimum atomic E-state index is 0.526. The van der Waals surface area contributed by atoms with Crippen LogP contribution in [0.2, 0.25) is 0 Å². The van der Waals surface area contributed by atoms with Crippen molar-refractivity contribution in [2.75, 3.05) is 13.6 Å². The zero-order valence-corrected chi connectivity index (χ0v) is 13.1. The summed E-state index contributed by atoms with van der Waals surface area (Å²) in [6, 6.07) is 4.85. The summed E-state index contributed by atoms with van der Waals surface area (Å²) in [6.07, 6.45) is 1.99. The molecular formula is C14H21N3S2. The lowest BCUT2D eigenvalue weighted by Crippen LogP contribution is -2.30. The molecule has 1 unspecified atom stereocenters. The predicted octanol–water partition coefficient (Wildman–Crippen LogP) is 2.77. The zero-order valence-electron chi connectivity index (χ0n) is 11.5. The first-order valence-electron chi connectivity index (χ1n) is 6.55. The van der Waals surface area contributed by atoms with E-state index in [2.05, 4.69) is 46.7 Å². The topological polar surface area (TPSA) is 42.1 Å². The minimum Gasteiger partial charge on any atom is -0.330 e. The van der Waals surface area contributed by atoms with E-state index >= 15 is 0 Å². The summed E-state index contributed by atoms with van der Waals surface area (Å²) < 4.78 is 0. The van der Waals surface area contributed by atoms with E-state index < -0.39 is 0 Å². The molecule has 19 heavy (non-hydrogen) atoms. The molecule has 2 rings (SSSR count). The highest BCUT2D eigenvalue weighted by Gasteiger charge is 2.12. The quantitative estimate of drug-likeness (QED) is 0.854. The van der Waals surface area contributed by atoms with Crippen LogP contribution >= 0.6 is 22.7 Å². The van der Waals surface area contributed by atoms with E-state index in [-0.39, 0.29) is 0 Å². The summed E-state index contributed by atoms with van der Waals surface area (Å²) in [5, 5.41) is 5.44. The van der Waals surface area contributed by atoms with Gasteiger partial charge in [0, 0.05) is 29.3 Å². The van der Waals surface area contributed by atoms with Crippen LogP contribution in [0.15, 0.2) is 22.9 Å². The van der Waals surface area contributed by atoms with Gasteiger partial charge in [-0.2, -0.15) is 0 Å². The Bertz CT molecular complexity index is 479. The maximum absolute atomic E-state index is 5.55. The molecule has 0 fully saturated rings. The minimum absolute atomic E-state index is 0.526. The maximum atomic E-state index is 5.55. The molecule has 0 aliphatic heterocycles. The van der Waals surface area contributed by atoms with Crippen LogP contribution in [0.5, 0.6) is 0 Å². The number of nitrogens with two attached hydrogens (primary N) is 1. The van der Waals surface area contributed by atoms with Crippen LogP contribution < -0.4 is 5.73 Å². The van der Waals surface area contributed by atoms with Gasteiger partial charge in [-0.1, -0.05) is 6.07 Å². The second-order valence-electron chi connectivity index (χ2n) is 4.82. The van der Waals surface area contributed by atoms with Crippen LogP contribution in [-0.2, 0) is 19.4 Å². The van der Waals surface area contributed by atoms with Crippen molar-refractivity contribution in [2.45, 2.75) is 32.4 Å². The lowest BCUT2D eigenvalue weighted by Gasteiger charge is -2.23. The molecule has 2 aromatic rings. The second kappa shape index (κ2) is 7.14. The number of hydrogen-bond donors (Lipinski definition) is 1. The molecule has 104 valence electrons. The number of nitrogens with zero attached hydrogens (tertiary/aromatic N) is 2. The Kier molecular flexibility index (Phi) is 5.51. The predicted molar refractivity (Wildman–Crippen MR) is 83.8 cm³/mol.